The summed E-state index contributed by atoms with van der Waals surface area (Å²) < 4.78 is 13.6. The Bertz CT molecular complexity index is 562. The molecule has 2 saturated carbocycles. The number of hydrogen-bond acceptors (Lipinski definition) is 5. The average Bonchev–Trinajstić information content (AvgIpc) is 3.17. The number of carbonyl (C=O) groups is 2. The molecule has 1 amide bonds. The van der Waals surface area contributed by atoms with Gasteiger partial charge in [0.15, 0.2) is 6.29 Å². The maximum Gasteiger partial charge on any atom is 1.00 e. The summed E-state index contributed by atoms with van der Waals surface area (Å²) in [6.45, 7) is 4.94. The Labute approximate surface area is 222 Å². The second-order valence-electron chi connectivity index (χ2n) is 10.1. The van der Waals surface area contributed by atoms with Crippen LogP contribution >= 0.6 is 0 Å². The molecule has 0 bridgehead atoms. The number of amides is 1. The summed E-state index contributed by atoms with van der Waals surface area (Å²) in [5.41, 5.74) is 2.80. The van der Waals surface area contributed by atoms with Gasteiger partial charge in [0.1, 0.15) is 12.3 Å². The van der Waals surface area contributed by atoms with Gasteiger partial charge in [0.25, 0.3) is 0 Å². The Hall–Kier alpha value is -0.0500. The van der Waals surface area contributed by atoms with E-state index in [1.807, 2.05) is 0 Å². The van der Waals surface area contributed by atoms with E-state index in [0.29, 0.717) is 18.8 Å². The van der Waals surface area contributed by atoms with Crippen molar-refractivity contribution in [2.75, 3.05) is 19.6 Å². The van der Waals surface area contributed by atoms with Crippen molar-refractivity contribution in [3.8, 4) is 0 Å². The minimum Gasteiger partial charge on any atom is -0.358 e. The predicted octanol–water partition coefficient (Wildman–Crippen LogP) is 0.903. The van der Waals surface area contributed by atoms with E-state index in [2.05, 4.69) is 23.0 Å². The number of halogens is 1. The molecule has 186 valence electrons. The van der Waals surface area contributed by atoms with E-state index in [1.54, 1.807) is 0 Å². The minimum absolute atomic E-state index is 0. The van der Waals surface area contributed by atoms with Gasteiger partial charge in [-0.25, -0.2) is 4.39 Å². The van der Waals surface area contributed by atoms with Crippen molar-refractivity contribution in [3.05, 3.63) is 7.43 Å². The first-order valence-electron chi connectivity index (χ1n) is 12.6. The van der Waals surface area contributed by atoms with Crippen LogP contribution in [0, 0.1) is 24.7 Å². The molecule has 8 heteroatoms. The van der Waals surface area contributed by atoms with Crippen LogP contribution in [-0.4, -0.2) is 50.1 Å². The van der Waals surface area contributed by atoms with Gasteiger partial charge < -0.3 is 22.9 Å². The fraction of sp³-hybridized carbons (Fsp3) is 0.880. The Balaban J connectivity index is 0.000000257. The Morgan fingerprint density at radius 1 is 1.03 bits per heavy atom. The van der Waals surface area contributed by atoms with Crippen LogP contribution in [0.4, 0.5) is 4.39 Å². The van der Waals surface area contributed by atoms with Crippen LogP contribution in [0.3, 0.4) is 0 Å². The number of nitrogens with one attached hydrogen (secondary N) is 3. The van der Waals surface area contributed by atoms with E-state index in [-0.39, 0.29) is 60.3 Å². The van der Waals surface area contributed by atoms with Crippen molar-refractivity contribution >= 4 is 12.2 Å². The fourth-order valence-corrected chi connectivity index (χ4v) is 5.68. The Kier molecular flexibility index (Phi) is 14.9. The second-order valence-corrected chi connectivity index (χ2v) is 10.1. The number of carbonyl (C=O) groups excluding carboxylic acids is 2. The Morgan fingerprint density at radius 2 is 1.70 bits per heavy atom. The van der Waals surface area contributed by atoms with E-state index in [1.165, 1.54) is 38.5 Å². The predicted molar refractivity (Wildman–Crippen MR) is 126 cm³/mol. The topological polar surface area (TPSA) is 79.5 Å². The molecular formula is C25H45FN3NaO3. The first-order valence-corrected chi connectivity index (χ1v) is 12.6. The van der Waals surface area contributed by atoms with Crippen molar-refractivity contribution in [1.29, 1.82) is 0 Å². The number of aldehydes is 1. The normalized spacial score (nSPS) is 37.4. The third kappa shape index (κ3) is 8.84. The van der Waals surface area contributed by atoms with Gasteiger partial charge in [-0.2, -0.15) is 5.48 Å². The monoisotopic (exact) mass is 477 g/mol. The zero-order valence-electron chi connectivity index (χ0n) is 21.2. The summed E-state index contributed by atoms with van der Waals surface area (Å²) in [4.78, 5) is 27.1. The summed E-state index contributed by atoms with van der Waals surface area (Å²) in [6.07, 6.45) is 13.8. The second kappa shape index (κ2) is 15.8. The first-order chi connectivity index (χ1) is 15.1. The molecule has 0 radical (unpaired) electrons. The molecule has 0 aromatic rings. The Morgan fingerprint density at radius 3 is 2.21 bits per heavy atom. The van der Waals surface area contributed by atoms with Crippen LogP contribution in [0.15, 0.2) is 0 Å². The summed E-state index contributed by atoms with van der Waals surface area (Å²) in [5.74, 6) is 0.645. The van der Waals surface area contributed by atoms with Gasteiger partial charge in [0.2, 0.25) is 5.91 Å². The molecular weight excluding hydrogens is 432 g/mol. The van der Waals surface area contributed by atoms with Crippen LogP contribution < -0.4 is 45.7 Å². The maximum absolute atomic E-state index is 13.6. The minimum atomic E-state index is -0.782. The number of alkyl halides is 1. The number of fused-ring (bicyclic) bond motifs is 1. The first kappa shape index (κ1) is 31.0. The molecule has 3 saturated heterocycles. The zero-order valence-corrected chi connectivity index (χ0v) is 23.2. The summed E-state index contributed by atoms with van der Waals surface area (Å²) in [7, 11) is 0. The van der Waals surface area contributed by atoms with Crippen molar-refractivity contribution in [1.82, 2.24) is 16.1 Å². The van der Waals surface area contributed by atoms with E-state index < -0.39 is 12.3 Å². The third-order valence-corrected chi connectivity index (χ3v) is 7.79. The van der Waals surface area contributed by atoms with Gasteiger partial charge >= 0.3 is 29.6 Å². The largest absolute Gasteiger partial charge is 1.00 e. The van der Waals surface area contributed by atoms with Gasteiger partial charge in [-0.1, -0.05) is 45.4 Å². The smallest absolute Gasteiger partial charge is 0.358 e. The van der Waals surface area contributed by atoms with Gasteiger partial charge in [0, 0.05) is 25.0 Å². The molecule has 0 aromatic carbocycles. The standard InChI is InChI=1S/C10H16FNO2.C8H14N2O.C6H12.CH3.Na/c1-6-2-3-9(11)8-4-7(5-13)14-12-10(6)8;11-7-8(3-5-10-7)2-1-4-9-6-8;1-2-4-6-5-3-1;;/h5-10,12H,2-4H2,1H3;9H,1-6H2,(H,10,11);1-6H2;1H3;/q;;;-1;+1. The molecule has 6 atom stereocenters. The zero-order chi connectivity index (χ0) is 22.1. The van der Waals surface area contributed by atoms with E-state index in [9.17, 15) is 14.0 Å². The summed E-state index contributed by atoms with van der Waals surface area (Å²) in [6, 6.07) is 0.0787. The molecule has 6 nitrogen and oxygen atoms in total. The van der Waals surface area contributed by atoms with Gasteiger partial charge in [-0.15, -0.1) is 0 Å². The summed E-state index contributed by atoms with van der Waals surface area (Å²) in [5, 5.41) is 6.19. The van der Waals surface area contributed by atoms with Crippen LogP contribution in [0.2, 0.25) is 0 Å². The molecule has 3 aliphatic heterocycles. The third-order valence-electron chi connectivity index (χ3n) is 7.79. The molecule has 5 aliphatic rings. The van der Waals surface area contributed by atoms with Gasteiger partial charge in [-0.3, -0.25) is 9.63 Å². The van der Waals surface area contributed by atoms with Crippen molar-refractivity contribution in [2.45, 2.75) is 102 Å². The van der Waals surface area contributed by atoms with Crippen LogP contribution in [0.1, 0.15) is 84.0 Å². The molecule has 3 heterocycles. The molecule has 6 unspecified atom stereocenters. The van der Waals surface area contributed by atoms with E-state index in [4.69, 9.17) is 4.84 Å². The molecule has 5 fully saturated rings. The molecule has 5 rings (SSSR count). The van der Waals surface area contributed by atoms with Gasteiger partial charge in [-0.05, 0) is 51.0 Å². The van der Waals surface area contributed by atoms with E-state index in [0.717, 1.165) is 51.6 Å². The maximum atomic E-state index is 13.6. The van der Waals surface area contributed by atoms with Crippen molar-refractivity contribution < 1.29 is 48.4 Å². The summed E-state index contributed by atoms with van der Waals surface area (Å²) >= 11 is 0. The quantitative estimate of drug-likeness (QED) is 0.297. The number of piperidine rings is 1. The van der Waals surface area contributed by atoms with E-state index >= 15 is 0 Å². The molecule has 33 heavy (non-hydrogen) atoms. The number of rotatable bonds is 1. The molecule has 3 N–H and O–H groups in total. The van der Waals surface area contributed by atoms with Crippen LogP contribution in [-0.2, 0) is 14.4 Å². The SMILES string of the molecule is C1CCCCC1.CC1CCC(F)C2CC(C=O)ONC12.O=C1NCCC12CCCNC2.[CH3-].[Na+]. The van der Waals surface area contributed by atoms with Gasteiger partial charge in [0.05, 0.1) is 5.41 Å². The average molecular weight is 478 g/mol. The van der Waals surface area contributed by atoms with Crippen molar-refractivity contribution in [3.63, 3.8) is 0 Å². The van der Waals surface area contributed by atoms with Crippen molar-refractivity contribution in [2.24, 2.45) is 17.3 Å². The fourth-order valence-electron chi connectivity index (χ4n) is 5.68. The molecule has 1 spiro atoms. The number of hydrogen-bond donors (Lipinski definition) is 3. The molecule has 2 aliphatic carbocycles. The van der Waals surface area contributed by atoms with Crippen LogP contribution in [0.25, 0.3) is 0 Å². The molecule has 0 aromatic heterocycles. The number of hydroxylamine groups is 1. The van der Waals surface area contributed by atoms with Crippen LogP contribution in [0.5, 0.6) is 0 Å².